The fourth-order valence-electron chi connectivity index (χ4n) is 2.95. The predicted octanol–water partition coefficient (Wildman–Crippen LogP) is 2.76. The van der Waals surface area contributed by atoms with Crippen LogP contribution in [0.25, 0.3) is 5.78 Å². The van der Waals surface area contributed by atoms with Gasteiger partial charge in [0, 0.05) is 17.3 Å². The molecular formula is C16H17N5O. The third-order valence-corrected chi connectivity index (χ3v) is 4.03. The van der Waals surface area contributed by atoms with Gasteiger partial charge >= 0.3 is 0 Å². The molecule has 0 amide bonds. The second-order valence-corrected chi connectivity index (χ2v) is 5.42. The number of ether oxygens (including phenoxy) is 1. The Bertz CT molecular complexity index is 827. The summed E-state index contributed by atoms with van der Waals surface area (Å²) in [7, 11) is 1.67. The van der Waals surface area contributed by atoms with E-state index in [2.05, 4.69) is 20.4 Å². The highest BCUT2D eigenvalue weighted by Crippen LogP contribution is 2.30. The summed E-state index contributed by atoms with van der Waals surface area (Å²) in [5.41, 5.74) is 3.35. The van der Waals surface area contributed by atoms with Gasteiger partial charge in [-0.2, -0.15) is 14.6 Å². The Labute approximate surface area is 128 Å². The molecular weight excluding hydrogens is 278 g/mol. The maximum Gasteiger partial charge on any atom is 0.254 e. The van der Waals surface area contributed by atoms with E-state index in [4.69, 9.17) is 4.74 Å². The summed E-state index contributed by atoms with van der Waals surface area (Å²) in [6.45, 7) is 0. The van der Waals surface area contributed by atoms with Crippen molar-refractivity contribution in [1.82, 2.24) is 19.6 Å². The summed E-state index contributed by atoms with van der Waals surface area (Å²) in [5, 5.41) is 7.79. The molecule has 0 saturated carbocycles. The molecule has 2 heterocycles. The van der Waals surface area contributed by atoms with Crippen molar-refractivity contribution in [2.24, 2.45) is 0 Å². The largest absolute Gasteiger partial charge is 0.497 e. The molecule has 112 valence electrons. The molecule has 0 aliphatic heterocycles. The van der Waals surface area contributed by atoms with Gasteiger partial charge in [-0.3, -0.25) is 0 Å². The summed E-state index contributed by atoms with van der Waals surface area (Å²) >= 11 is 0. The Morgan fingerprint density at radius 2 is 2.14 bits per heavy atom. The van der Waals surface area contributed by atoms with E-state index in [1.807, 2.05) is 24.3 Å². The lowest BCUT2D eigenvalue weighted by Crippen LogP contribution is -2.13. The lowest BCUT2D eigenvalue weighted by Gasteiger charge is -2.20. The number of hydrogen-bond acceptors (Lipinski definition) is 5. The van der Waals surface area contributed by atoms with Crippen molar-refractivity contribution in [2.75, 3.05) is 12.4 Å². The molecule has 4 rings (SSSR count). The maximum absolute atomic E-state index is 5.29. The van der Waals surface area contributed by atoms with Crippen molar-refractivity contribution in [3.05, 3.63) is 41.9 Å². The number of nitrogens with one attached hydrogen (secondary N) is 1. The van der Waals surface area contributed by atoms with Crippen LogP contribution in [-0.2, 0) is 12.8 Å². The predicted molar refractivity (Wildman–Crippen MR) is 83.7 cm³/mol. The smallest absolute Gasteiger partial charge is 0.254 e. The first kappa shape index (κ1) is 13.1. The van der Waals surface area contributed by atoms with Crippen LogP contribution in [0.3, 0.4) is 0 Å². The average Bonchev–Trinajstić information content (AvgIpc) is 3.03. The van der Waals surface area contributed by atoms with Gasteiger partial charge in [0.05, 0.1) is 12.8 Å². The molecule has 3 aromatic rings. The second kappa shape index (κ2) is 5.29. The molecule has 0 unspecified atom stereocenters. The molecule has 0 atom stereocenters. The van der Waals surface area contributed by atoms with E-state index in [1.165, 1.54) is 18.4 Å². The number of rotatable bonds is 3. The molecule has 6 heteroatoms. The van der Waals surface area contributed by atoms with Gasteiger partial charge in [-0.05, 0) is 37.8 Å². The highest BCUT2D eigenvalue weighted by Gasteiger charge is 2.19. The molecule has 0 saturated heterocycles. The number of benzene rings is 1. The van der Waals surface area contributed by atoms with E-state index in [0.717, 1.165) is 35.8 Å². The first-order valence-corrected chi connectivity index (χ1v) is 7.48. The van der Waals surface area contributed by atoms with Gasteiger partial charge in [-0.1, -0.05) is 6.07 Å². The van der Waals surface area contributed by atoms with Gasteiger partial charge in [-0.15, -0.1) is 0 Å². The van der Waals surface area contributed by atoms with Crippen LogP contribution in [0.4, 0.5) is 11.5 Å². The molecule has 0 fully saturated rings. The Morgan fingerprint density at radius 3 is 3.05 bits per heavy atom. The summed E-state index contributed by atoms with van der Waals surface area (Å²) in [6.07, 6.45) is 5.94. The molecule has 6 nitrogen and oxygen atoms in total. The van der Waals surface area contributed by atoms with Crippen LogP contribution in [0, 0.1) is 0 Å². The van der Waals surface area contributed by atoms with E-state index in [9.17, 15) is 0 Å². The van der Waals surface area contributed by atoms with Gasteiger partial charge in [-0.25, -0.2) is 4.98 Å². The number of aryl methyl sites for hydroxylation is 1. The van der Waals surface area contributed by atoms with Gasteiger partial charge in [0.1, 0.15) is 17.9 Å². The molecule has 0 radical (unpaired) electrons. The van der Waals surface area contributed by atoms with Gasteiger partial charge < -0.3 is 10.1 Å². The quantitative estimate of drug-likeness (QED) is 0.805. The molecule has 0 spiro atoms. The second-order valence-electron chi connectivity index (χ2n) is 5.42. The SMILES string of the molecule is COc1cccc(Nc2c3c(nc4ncnn24)CCCC3)c1. The van der Waals surface area contributed by atoms with Crippen molar-refractivity contribution >= 4 is 17.3 Å². The van der Waals surface area contributed by atoms with Gasteiger partial charge in [0.25, 0.3) is 5.78 Å². The minimum Gasteiger partial charge on any atom is -0.497 e. The minimum absolute atomic E-state index is 0.644. The lowest BCUT2D eigenvalue weighted by atomic mass is 9.96. The van der Waals surface area contributed by atoms with Crippen molar-refractivity contribution in [3.63, 3.8) is 0 Å². The molecule has 0 bridgehead atoms. The van der Waals surface area contributed by atoms with Crippen LogP contribution in [-0.4, -0.2) is 26.7 Å². The third kappa shape index (κ3) is 2.16. The number of methoxy groups -OCH3 is 1. The highest BCUT2D eigenvalue weighted by atomic mass is 16.5. The first-order valence-electron chi connectivity index (χ1n) is 7.48. The van der Waals surface area contributed by atoms with Crippen LogP contribution < -0.4 is 10.1 Å². The van der Waals surface area contributed by atoms with Gasteiger partial charge in [0.15, 0.2) is 0 Å². The zero-order chi connectivity index (χ0) is 14.9. The maximum atomic E-state index is 5.29. The van der Waals surface area contributed by atoms with Crippen LogP contribution in [0.1, 0.15) is 24.1 Å². The molecule has 1 N–H and O–H groups in total. The fourth-order valence-corrected chi connectivity index (χ4v) is 2.95. The van der Waals surface area contributed by atoms with Crippen LogP contribution in [0.15, 0.2) is 30.6 Å². The normalized spacial score (nSPS) is 13.9. The summed E-state index contributed by atoms with van der Waals surface area (Å²) in [6, 6.07) is 7.88. The molecule has 1 aliphatic carbocycles. The van der Waals surface area contributed by atoms with E-state index in [0.29, 0.717) is 5.78 Å². The first-order chi connectivity index (χ1) is 10.8. The Hall–Kier alpha value is -2.63. The van der Waals surface area contributed by atoms with E-state index in [1.54, 1.807) is 18.0 Å². The summed E-state index contributed by atoms with van der Waals surface area (Å²) in [4.78, 5) is 8.88. The molecule has 22 heavy (non-hydrogen) atoms. The monoisotopic (exact) mass is 295 g/mol. The third-order valence-electron chi connectivity index (χ3n) is 4.03. The van der Waals surface area contributed by atoms with Crippen molar-refractivity contribution in [1.29, 1.82) is 0 Å². The van der Waals surface area contributed by atoms with Crippen molar-refractivity contribution in [3.8, 4) is 5.75 Å². The number of nitrogens with zero attached hydrogens (tertiary/aromatic N) is 4. The average molecular weight is 295 g/mol. The van der Waals surface area contributed by atoms with Crippen molar-refractivity contribution in [2.45, 2.75) is 25.7 Å². The topological polar surface area (TPSA) is 64.3 Å². The fraction of sp³-hybridized carbons (Fsp3) is 0.312. The van der Waals surface area contributed by atoms with Crippen LogP contribution in [0.2, 0.25) is 0 Å². The van der Waals surface area contributed by atoms with Crippen molar-refractivity contribution < 1.29 is 4.74 Å². The van der Waals surface area contributed by atoms with E-state index in [-0.39, 0.29) is 0 Å². The Morgan fingerprint density at radius 1 is 1.23 bits per heavy atom. The van der Waals surface area contributed by atoms with E-state index >= 15 is 0 Å². The molecule has 2 aromatic heterocycles. The number of fused-ring (bicyclic) bond motifs is 2. The Balaban J connectivity index is 1.84. The highest BCUT2D eigenvalue weighted by molar-refractivity contribution is 5.64. The van der Waals surface area contributed by atoms with Gasteiger partial charge in [0.2, 0.25) is 0 Å². The zero-order valence-electron chi connectivity index (χ0n) is 12.4. The summed E-state index contributed by atoms with van der Waals surface area (Å²) in [5.74, 6) is 2.43. The number of aromatic nitrogens is 4. The zero-order valence-corrected chi connectivity index (χ0v) is 12.4. The number of anilines is 2. The lowest BCUT2D eigenvalue weighted by molar-refractivity contribution is 0.415. The number of hydrogen-bond donors (Lipinski definition) is 1. The molecule has 1 aliphatic rings. The minimum atomic E-state index is 0.644. The molecule has 1 aromatic carbocycles. The van der Waals surface area contributed by atoms with Crippen LogP contribution in [0.5, 0.6) is 5.75 Å². The summed E-state index contributed by atoms with van der Waals surface area (Å²) < 4.78 is 7.07. The van der Waals surface area contributed by atoms with Crippen LogP contribution >= 0.6 is 0 Å². The van der Waals surface area contributed by atoms with E-state index < -0.39 is 0 Å². The Kier molecular flexibility index (Phi) is 3.14. The standard InChI is InChI=1S/C16H17N5O/c1-22-12-6-4-5-11(9-12)19-15-13-7-2-3-8-14(13)20-16-17-10-18-21(15)16/h4-6,9-10,19H,2-3,7-8H2,1H3.